The van der Waals surface area contributed by atoms with E-state index in [1.807, 2.05) is 0 Å². The van der Waals surface area contributed by atoms with E-state index in [0.717, 1.165) is 32.0 Å². The number of nitrogens with one attached hydrogen (secondary N) is 1. The molecule has 2 aromatic heterocycles. The molecule has 1 aliphatic rings. The van der Waals surface area contributed by atoms with Crippen molar-refractivity contribution in [1.29, 1.82) is 0 Å². The van der Waals surface area contributed by atoms with E-state index in [4.69, 9.17) is 0 Å². The van der Waals surface area contributed by atoms with Crippen LogP contribution in [0.15, 0.2) is 54.7 Å². The number of hydrogen-bond acceptors (Lipinski definition) is 5. The van der Waals surface area contributed by atoms with Gasteiger partial charge in [0.1, 0.15) is 0 Å². The number of likely N-dealkylation sites (tertiary alicyclic amines) is 1. The number of rotatable bonds is 9. The third kappa shape index (κ3) is 6.88. The first-order valence-electron chi connectivity index (χ1n) is 13.3. The molecule has 1 aliphatic heterocycles. The monoisotopic (exact) mass is 557 g/mol. The number of benzene rings is 1. The number of piperidine rings is 1. The highest BCUT2D eigenvalue weighted by Crippen LogP contribution is 2.37. The van der Waals surface area contributed by atoms with Gasteiger partial charge in [0.2, 0.25) is 0 Å². The van der Waals surface area contributed by atoms with Gasteiger partial charge in [-0.2, -0.15) is 18.3 Å². The van der Waals surface area contributed by atoms with Crippen molar-refractivity contribution < 1.29 is 27.9 Å². The van der Waals surface area contributed by atoms with Gasteiger partial charge in [0.25, 0.3) is 5.91 Å². The topological polar surface area (TPSA) is 100 Å². The van der Waals surface area contributed by atoms with Crippen LogP contribution in [0.3, 0.4) is 0 Å². The molecule has 0 unspecified atom stereocenters. The van der Waals surface area contributed by atoms with Crippen molar-refractivity contribution in [2.45, 2.75) is 52.3 Å². The van der Waals surface area contributed by atoms with Gasteiger partial charge in [0.05, 0.1) is 17.2 Å². The molecule has 1 fully saturated rings. The lowest BCUT2D eigenvalue weighted by atomic mass is 9.84. The molecular weight excluding hydrogens is 523 g/mol. The van der Waals surface area contributed by atoms with E-state index in [1.165, 1.54) is 42.1 Å². The Labute approximate surface area is 231 Å². The lowest BCUT2D eigenvalue weighted by molar-refractivity contribution is -0.142. The summed E-state index contributed by atoms with van der Waals surface area (Å²) in [6.45, 7) is 8.33. The summed E-state index contributed by atoms with van der Waals surface area (Å²) < 4.78 is 42.8. The third-order valence-corrected chi connectivity index (χ3v) is 7.36. The number of nitrogens with zero attached hydrogens (tertiary/aromatic N) is 4. The number of carboxylic acids is 1. The fraction of sp³-hybridized carbons (Fsp3) is 0.448. The van der Waals surface area contributed by atoms with E-state index in [9.17, 15) is 27.9 Å². The molecule has 0 aliphatic carbocycles. The van der Waals surface area contributed by atoms with Gasteiger partial charge >= 0.3 is 12.1 Å². The van der Waals surface area contributed by atoms with Crippen LogP contribution in [0.2, 0.25) is 0 Å². The minimum Gasteiger partial charge on any atom is -0.481 e. The van der Waals surface area contributed by atoms with Gasteiger partial charge in [-0.15, -0.1) is 0 Å². The summed E-state index contributed by atoms with van der Waals surface area (Å²) in [7, 11) is 0. The first kappa shape index (κ1) is 29.3. The molecule has 0 radical (unpaired) electrons. The Kier molecular flexibility index (Phi) is 8.62. The van der Waals surface area contributed by atoms with E-state index >= 15 is 0 Å². The third-order valence-electron chi connectivity index (χ3n) is 7.36. The van der Waals surface area contributed by atoms with Gasteiger partial charge in [-0.1, -0.05) is 38.1 Å². The van der Waals surface area contributed by atoms with Crippen LogP contribution in [0.5, 0.6) is 0 Å². The van der Waals surface area contributed by atoms with E-state index < -0.39 is 35.6 Å². The van der Waals surface area contributed by atoms with Crippen LogP contribution in [0.4, 0.5) is 13.2 Å². The molecule has 1 saturated heterocycles. The highest BCUT2D eigenvalue weighted by atomic mass is 19.4. The van der Waals surface area contributed by atoms with Gasteiger partial charge in [-0.05, 0) is 62.4 Å². The highest BCUT2D eigenvalue weighted by Gasteiger charge is 2.35. The molecule has 214 valence electrons. The standard InChI is InChI=1S/C29H34F3N5O3/c1-19(27(39)40)22(12-16-36-15-8-13-28(2,3)18-36)34-26(38)23-17-24(37(35-23)25-11-6-7-14-33-25)20-9-4-5-10-21(20)29(30,31)32/h4-7,9-11,14,17,19,22H,8,12-13,15-16,18H2,1-3H3,(H,34,38)(H,39,40)/t19-,22-/m0/s1. The molecule has 0 spiro atoms. The Bertz CT molecular complexity index is 1340. The van der Waals surface area contributed by atoms with Gasteiger partial charge < -0.3 is 15.3 Å². The SMILES string of the molecule is C[C@H](C(=O)O)[C@H](CCN1CCCC(C)(C)C1)NC(=O)c1cc(-c2ccccc2C(F)(F)F)n(-c2ccccn2)n1. The number of amides is 1. The van der Waals surface area contributed by atoms with Crippen LogP contribution in [0, 0.1) is 11.3 Å². The maximum atomic E-state index is 13.9. The van der Waals surface area contributed by atoms with Crippen molar-refractivity contribution in [2.24, 2.45) is 11.3 Å². The smallest absolute Gasteiger partial charge is 0.417 e. The second kappa shape index (κ2) is 11.8. The second-order valence-corrected chi connectivity index (χ2v) is 11.1. The molecule has 3 aromatic rings. The van der Waals surface area contributed by atoms with E-state index in [0.29, 0.717) is 13.0 Å². The Balaban J connectivity index is 1.65. The van der Waals surface area contributed by atoms with Gasteiger partial charge in [0, 0.05) is 30.9 Å². The first-order chi connectivity index (χ1) is 18.9. The number of pyridine rings is 1. The average molecular weight is 558 g/mol. The number of alkyl halides is 3. The lowest BCUT2D eigenvalue weighted by Gasteiger charge is -2.38. The average Bonchev–Trinajstić information content (AvgIpc) is 3.35. The number of aliphatic carboxylic acids is 1. The zero-order chi connectivity index (χ0) is 29.1. The molecule has 0 bridgehead atoms. The van der Waals surface area contributed by atoms with Crippen molar-refractivity contribution in [1.82, 2.24) is 25.0 Å². The van der Waals surface area contributed by atoms with Crippen LogP contribution in [-0.4, -0.2) is 62.3 Å². The molecular formula is C29H34F3N5O3. The Morgan fingerprint density at radius 1 is 1.15 bits per heavy atom. The van der Waals surface area contributed by atoms with Gasteiger partial charge in [-0.25, -0.2) is 9.67 Å². The van der Waals surface area contributed by atoms with Crippen LogP contribution in [0.25, 0.3) is 17.1 Å². The van der Waals surface area contributed by atoms with Crippen LogP contribution in [-0.2, 0) is 11.0 Å². The molecule has 2 N–H and O–H groups in total. The molecule has 0 saturated carbocycles. The minimum atomic E-state index is -4.64. The molecule has 8 nitrogen and oxygen atoms in total. The molecule has 1 aromatic carbocycles. The number of hydrogen-bond donors (Lipinski definition) is 2. The largest absolute Gasteiger partial charge is 0.481 e. The molecule has 1 amide bonds. The minimum absolute atomic E-state index is 0.0372. The maximum absolute atomic E-state index is 13.9. The highest BCUT2D eigenvalue weighted by molar-refractivity contribution is 5.94. The molecule has 3 heterocycles. The summed E-state index contributed by atoms with van der Waals surface area (Å²) >= 11 is 0. The Hall–Kier alpha value is -3.73. The van der Waals surface area contributed by atoms with Crippen LogP contribution < -0.4 is 5.32 Å². The summed E-state index contributed by atoms with van der Waals surface area (Å²) in [4.78, 5) is 31.8. The number of carbonyl (C=O) groups is 2. The number of carboxylic acid groups (broad SMARTS) is 1. The summed E-state index contributed by atoms with van der Waals surface area (Å²) in [6.07, 6.45) is -0.592. The summed E-state index contributed by atoms with van der Waals surface area (Å²) in [5.74, 6) is -2.37. The quantitative estimate of drug-likeness (QED) is 0.371. The second-order valence-electron chi connectivity index (χ2n) is 11.1. The van der Waals surface area contributed by atoms with Crippen LogP contribution in [0.1, 0.15) is 56.1 Å². The van der Waals surface area contributed by atoms with E-state index in [1.54, 1.807) is 18.2 Å². The molecule has 2 atom stereocenters. The summed E-state index contributed by atoms with van der Waals surface area (Å²) in [5, 5.41) is 16.8. The zero-order valence-corrected chi connectivity index (χ0v) is 22.8. The Morgan fingerprint density at radius 2 is 1.88 bits per heavy atom. The summed E-state index contributed by atoms with van der Waals surface area (Å²) in [5.41, 5.74) is -0.970. The molecule has 4 rings (SSSR count). The number of aromatic nitrogens is 3. The number of carbonyl (C=O) groups excluding carboxylic acids is 1. The lowest BCUT2D eigenvalue weighted by Crippen LogP contribution is -2.46. The Morgan fingerprint density at radius 3 is 2.52 bits per heavy atom. The van der Waals surface area contributed by atoms with Crippen LogP contribution >= 0.6 is 0 Å². The van der Waals surface area contributed by atoms with Crippen molar-refractivity contribution in [2.75, 3.05) is 19.6 Å². The zero-order valence-electron chi connectivity index (χ0n) is 22.8. The summed E-state index contributed by atoms with van der Waals surface area (Å²) in [6, 6.07) is 10.5. The predicted octanol–water partition coefficient (Wildman–Crippen LogP) is 5.28. The maximum Gasteiger partial charge on any atom is 0.417 e. The van der Waals surface area contributed by atoms with E-state index in [-0.39, 0.29) is 28.2 Å². The molecule has 11 heteroatoms. The van der Waals surface area contributed by atoms with Gasteiger partial charge in [-0.3, -0.25) is 9.59 Å². The van der Waals surface area contributed by atoms with Gasteiger partial charge in [0.15, 0.2) is 11.5 Å². The first-order valence-corrected chi connectivity index (χ1v) is 13.3. The predicted molar refractivity (Wildman–Crippen MR) is 144 cm³/mol. The van der Waals surface area contributed by atoms with Crippen molar-refractivity contribution in [3.05, 3.63) is 66.0 Å². The fourth-order valence-corrected chi connectivity index (χ4v) is 5.21. The normalized spacial score (nSPS) is 17.2. The number of halogens is 3. The van der Waals surface area contributed by atoms with Crippen molar-refractivity contribution in [3.63, 3.8) is 0 Å². The van der Waals surface area contributed by atoms with Crippen molar-refractivity contribution in [3.8, 4) is 17.1 Å². The van der Waals surface area contributed by atoms with E-state index in [2.05, 4.69) is 34.1 Å². The fourth-order valence-electron chi connectivity index (χ4n) is 5.21. The molecule has 40 heavy (non-hydrogen) atoms. The van der Waals surface area contributed by atoms with Crippen molar-refractivity contribution >= 4 is 11.9 Å².